The number of amides is 1. The molecule has 1 aromatic rings. The van der Waals surface area contributed by atoms with Crippen LogP contribution in [0.3, 0.4) is 0 Å². The van der Waals surface area contributed by atoms with Crippen LogP contribution in [-0.4, -0.2) is 47.7 Å². The summed E-state index contributed by atoms with van der Waals surface area (Å²) in [4.78, 5) is 22.7. The van der Waals surface area contributed by atoms with Crippen molar-refractivity contribution in [2.75, 3.05) is 24.6 Å². The van der Waals surface area contributed by atoms with Gasteiger partial charge >= 0.3 is 0 Å². The Balaban J connectivity index is 1.47. The number of rotatable bonds is 3. The predicted octanol–water partition coefficient (Wildman–Crippen LogP) is 0.741. The van der Waals surface area contributed by atoms with Crippen molar-refractivity contribution in [2.24, 2.45) is 0 Å². The third-order valence-electron chi connectivity index (χ3n) is 3.90. The van der Waals surface area contributed by atoms with Gasteiger partial charge in [0, 0.05) is 38.1 Å². The number of carbonyl (C=O) groups excluding carboxylic acids is 1. The molecule has 2 saturated heterocycles. The summed E-state index contributed by atoms with van der Waals surface area (Å²) in [6, 6.07) is 2.06. The van der Waals surface area contributed by atoms with Crippen LogP contribution in [0.1, 0.15) is 25.7 Å². The standard InChI is InChI=1S/C14H20N4O2/c19-13(12-3-1-10-20-12)17-11-4-8-18(9-5-11)14-15-6-2-7-16-14/h2,6-7,11-12H,1,3-5,8-10H2,(H,17,19)/t12-/m1/s1. The first-order valence-corrected chi connectivity index (χ1v) is 7.27. The molecule has 6 heteroatoms. The van der Waals surface area contributed by atoms with Crippen LogP contribution < -0.4 is 10.2 Å². The SMILES string of the molecule is O=C(NC1CCN(c2ncccn2)CC1)[C@H]1CCCO1. The maximum absolute atomic E-state index is 12.0. The van der Waals surface area contributed by atoms with Crippen molar-refractivity contribution in [3.05, 3.63) is 18.5 Å². The number of anilines is 1. The number of carbonyl (C=O) groups is 1. The Kier molecular flexibility index (Phi) is 4.11. The van der Waals surface area contributed by atoms with Crippen molar-refractivity contribution < 1.29 is 9.53 Å². The first kappa shape index (κ1) is 13.3. The monoisotopic (exact) mass is 276 g/mol. The van der Waals surface area contributed by atoms with Crippen LogP contribution >= 0.6 is 0 Å². The lowest BCUT2D eigenvalue weighted by atomic mass is 10.0. The highest BCUT2D eigenvalue weighted by Crippen LogP contribution is 2.17. The lowest BCUT2D eigenvalue weighted by Crippen LogP contribution is -2.47. The van der Waals surface area contributed by atoms with Crippen LogP contribution in [-0.2, 0) is 9.53 Å². The molecule has 0 bridgehead atoms. The number of nitrogens with zero attached hydrogens (tertiary/aromatic N) is 3. The fourth-order valence-corrected chi connectivity index (χ4v) is 2.76. The van der Waals surface area contributed by atoms with Crippen LogP contribution in [0.5, 0.6) is 0 Å². The van der Waals surface area contributed by atoms with E-state index >= 15 is 0 Å². The van der Waals surface area contributed by atoms with Crippen molar-refractivity contribution in [2.45, 2.75) is 37.8 Å². The Bertz CT molecular complexity index is 440. The second-order valence-corrected chi connectivity index (χ2v) is 5.32. The number of hydrogen-bond donors (Lipinski definition) is 1. The first-order valence-electron chi connectivity index (χ1n) is 7.27. The molecule has 1 amide bonds. The summed E-state index contributed by atoms with van der Waals surface area (Å²) < 4.78 is 5.40. The van der Waals surface area contributed by atoms with Crippen molar-refractivity contribution in [1.29, 1.82) is 0 Å². The number of piperidine rings is 1. The average molecular weight is 276 g/mol. The summed E-state index contributed by atoms with van der Waals surface area (Å²) in [5, 5.41) is 3.10. The van der Waals surface area contributed by atoms with Gasteiger partial charge < -0.3 is 15.0 Å². The summed E-state index contributed by atoms with van der Waals surface area (Å²) >= 11 is 0. The molecule has 2 fully saturated rings. The second-order valence-electron chi connectivity index (χ2n) is 5.32. The molecular formula is C14H20N4O2. The van der Waals surface area contributed by atoms with E-state index in [1.165, 1.54) is 0 Å². The molecule has 1 aromatic heterocycles. The van der Waals surface area contributed by atoms with Crippen molar-refractivity contribution in [3.63, 3.8) is 0 Å². The van der Waals surface area contributed by atoms with Crippen LogP contribution in [0.4, 0.5) is 5.95 Å². The Labute approximate surface area is 118 Å². The lowest BCUT2D eigenvalue weighted by molar-refractivity contribution is -0.130. The topological polar surface area (TPSA) is 67.4 Å². The third-order valence-corrected chi connectivity index (χ3v) is 3.90. The Morgan fingerprint density at radius 3 is 2.65 bits per heavy atom. The van der Waals surface area contributed by atoms with E-state index < -0.39 is 0 Å². The van der Waals surface area contributed by atoms with Crippen LogP contribution in [0.2, 0.25) is 0 Å². The fraction of sp³-hybridized carbons (Fsp3) is 0.643. The molecule has 20 heavy (non-hydrogen) atoms. The van der Waals surface area contributed by atoms with Gasteiger partial charge in [-0.2, -0.15) is 0 Å². The van der Waals surface area contributed by atoms with E-state index in [2.05, 4.69) is 20.2 Å². The van der Waals surface area contributed by atoms with E-state index in [0.717, 1.165) is 44.7 Å². The normalized spacial score (nSPS) is 23.8. The molecule has 0 spiro atoms. The van der Waals surface area contributed by atoms with Gasteiger partial charge in [-0.25, -0.2) is 9.97 Å². The van der Waals surface area contributed by atoms with E-state index in [-0.39, 0.29) is 18.1 Å². The molecule has 108 valence electrons. The van der Waals surface area contributed by atoms with Gasteiger partial charge in [0.1, 0.15) is 6.10 Å². The van der Waals surface area contributed by atoms with Gasteiger partial charge in [-0.15, -0.1) is 0 Å². The van der Waals surface area contributed by atoms with E-state index in [4.69, 9.17) is 4.74 Å². The minimum absolute atomic E-state index is 0.0527. The number of hydrogen-bond acceptors (Lipinski definition) is 5. The third kappa shape index (κ3) is 3.07. The average Bonchev–Trinajstić information content (AvgIpc) is 3.03. The molecule has 0 aliphatic carbocycles. The molecule has 3 rings (SSSR count). The zero-order valence-corrected chi connectivity index (χ0v) is 11.5. The molecule has 3 heterocycles. The van der Waals surface area contributed by atoms with Crippen LogP contribution in [0.15, 0.2) is 18.5 Å². The molecule has 0 unspecified atom stereocenters. The van der Waals surface area contributed by atoms with Crippen molar-refractivity contribution >= 4 is 11.9 Å². The number of aromatic nitrogens is 2. The van der Waals surface area contributed by atoms with Crippen molar-refractivity contribution in [3.8, 4) is 0 Å². The van der Waals surface area contributed by atoms with Gasteiger partial charge in [-0.1, -0.05) is 0 Å². The number of ether oxygens (including phenoxy) is 1. The maximum Gasteiger partial charge on any atom is 0.249 e. The quantitative estimate of drug-likeness (QED) is 0.882. The summed E-state index contributed by atoms with van der Waals surface area (Å²) in [5.74, 6) is 0.827. The minimum Gasteiger partial charge on any atom is -0.368 e. The molecule has 0 saturated carbocycles. The summed E-state index contributed by atoms with van der Waals surface area (Å²) in [5.41, 5.74) is 0. The predicted molar refractivity (Wildman–Crippen MR) is 74.4 cm³/mol. The van der Waals surface area contributed by atoms with Crippen LogP contribution in [0.25, 0.3) is 0 Å². The van der Waals surface area contributed by atoms with Gasteiger partial charge in [0.15, 0.2) is 0 Å². The Morgan fingerprint density at radius 2 is 2.00 bits per heavy atom. The highest BCUT2D eigenvalue weighted by atomic mass is 16.5. The van der Waals surface area contributed by atoms with E-state index in [1.807, 2.05) is 6.07 Å². The summed E-state index contributed by atoms with van der Waals surface area (Å²) in [6.45, 7) is 2.46. The summed E-state index contributed by atoms with van der Waals surface area (Å²) in [7, 11) is 0. The number of nitrogens with one attached hydrogen (secondary N) is 1. The first-order chi connectivity index (χ1) is 9.83. The van der Waals surface area contributed by atoms with E-state index in [9.17, 15) is 4.79 Å². The molecule has 2 aliphatic rings. The Hall–Kier alpha value is -1.69. The molecule has 0 radical (unpaired) electrons. The second kappa shape index (κ2) is 6.17. The zero-order chi connectivity index (χ0) is 13.8. The summed E-state index contributed by atoms with van der Waals surface area (Å²) in [6.07, 6.45) is 6.98. The zero-order valence-electron chi connectivity index (χ0n) is 11.5. The van der Waals surface area contributed by atoms with E-state index in [1.54, 1.807) is 12.4 Å². The maximum atomic E-state index is 12.0. The van der Waals surface area contributed by atoms with Gasteiger partial charge in [-0.3, -0.25) is 4.79 Å². The molecular weight excluding hydrogens is 256 g/mol. The van der Waals surface area contributed by atoms with Gasteiger partial charge in [0.25, 0.3) is 0 Å². The molecule has 6 nitrogen and oxygen atoms in total. The molecule has 1 atom stereocenters. The highest BCUT2D eigenvalue weighted by Gasteiger charge is 2.27. The van der Waals surface area contributed by atoms with Crippen molar-refractivity contribution in [1.82, 2.24) is 15.3 Å². The van der Waals surface area contributed by atoms with E-state index in [0.29, 0.717) is 6.61 Å². The molecule has 1 N–H and O–H groups in total. The van der Waals surface area contributed by atoms with Crippen LogP contribution in [0, 0.1) is 0 Å². The fourth-order valence-electron chi connectivity index (χ4n) is 2.76. The largest absolute Gasteiger partial charge is 0.368 e. The highest BCUT2D eigenvalue weighted by molar-refractivity contribution is 5.81. The molecule has 2 aliphatic heterocycles. The van der Waals surface area contributed by atoms with Gasteiger partial charge in [0.05, 0.1) is 0 Å². The smallest absolute Gasteiger partial charge is 0.249 e. The lowest BCUT2D eigenvalue weighted by Gasteiger charge is -2.32. The minimum atomic E-state index is -0.231. The van der Waals surface area contributed by atoms with Gasteiger partial charge in [0.2, 0.25) is 11.9 Å². The molecule has 0 aromatic carbocycles. The Morgan fingerprint density at radius 1 is 1.25 bits per heavy atom. The van der Waals surface area contributed by atoms with Gasteiger partial charge in [-0.05, 0) is 31.7 Å².